The van der Waals surface area contributed by atoms with E-state index < -0.39 is 0 Å². The minimum absolute atomic E-state index is 0.349. The fourth-order valence-electron chi connectivity index (χ4n) is 3.69. The van der Waals surface area contributed by atoms with Crippen LogP contribution in [0.3, 0.4) is 0 Å². The third-order valence-electron chi connectivity index (χ3n) is 5.32. The summed E-state index contributed by atoms with van der Waals surface area (Å²) in [7, 11) is 0. The number of nitrogens with zero attached hydrogens (tertiary/aromatic N) is 2. The molecule has 0 fully saturated rings. The van der Waals surface area contributed by atoms with Gasteiger partial charge >= 0.3 is 0 Å². The van der Waals surface area contributed by atoms with Gasteiger partial charge in [-0.25, -0.2) is 0 Å². The molecule has 142 valence electrons. The summed E-state index contributed by atoms with van der Waals surface area (Å²) in [4.78, 5) is 6.33. The highest BCUT2D eigenvalue weighted by molar-refractivity contribution is 7.99. The summed E-state index contributed by atoms with van der Waals surface area (Å²) in [5.41, 5.74) is 7.22. The molecular formula is C26H22N2S. The normalized spacial score (nSPS) is 16.0. The lowest BCUT2D eigenvalue weighted by Crippen LogP contribution is -2.06. The second kappa shape index (κ2) is 7.76. The van der Waals surface area contributed by atoms with E-state index in [9.17, 15) is 0 Å². The molecule has 1 atom stereocenters. The molecule has 2 heterocycles. The van der Waals surface area contributed by atoms with E-state index in [0.717, 1.165) is 23.5 Å². The predicted octanol–water partition coefficient (Wildman–Crippen LogP) is 7.14. The number of rotatable bonds is 3. The quantitative estimate of drug-likeness (QED) is 0.361. The van der Waals surface area contributed by atoms with Crippen LogP contribution in [0.5, 0.6) is 0 Å². The molecule has 0 radical (unpaired) electrons. The highest BCUT2D eigenvalue weighted by Gasteiger charge is 2.22. The standard InChI is InChI=1S/C26H22N2S/c1-19-8-10-21(11-9-19)26-18-24(27-23-6-2-3-7-25(23)29-26)20-12-14-22(15-13-20)28-16-4-5-17-28/h2-17,26H,18H2,1H3/t26-/m1/s1. The van der Waals surface area contributed by atoms with Crippen LogP contribution in [0.2, 0.25) is 0 Å². The number of benzene rings is 3. The summed E-state index contributed by atoms with van der Waals surface area (Å²) < 4.78 is 2.12. The molecule has 0 N–H and O–H groups in total. The van der Waals surface area contributed by atoms with Gasteiger partial charge < -0.3 is 4.57 Å². The number of hydrogen-bond acceptors (Lipinski definition) is 2. The molecule has 3 heteroatoms. The molecule has 0 saturated carbocycles. The van der Waals surface area contributed by atoms with Crippen LogP contribution in [0.15, 0.2) is 107 Å². The SMILES string of the molecule is Cc1ccc([C@H]2CC(c3ccc(-n4cccc4)cc3)=Nc3ccccc3S2)cc1. The van der Waals surface area contributed by atoms with E-state index in [2.05, 4.69) is 96.7 Å². The molecule has 0 aliphatic carbocycles. The molecule has 1 aliphatic rings. The molecule has 29 heavy (non-hydrogen) atoms. The molecule has 0 spiro atoms. The molecule has 3 aromatic carbocycles. The summed E-state index contributed by atoms with van der Waals surface area (Å²) in [5.74, 6) is 0. The Bertz CT molecular complexity index is 1140. The van der Waals surface area contributed by atoms with Crippen LogP contribution in [-0.4, -0.2) is 10.3 Å². The van der Waals surface area contributed by atoms with E-state index in [4.69, 9.17) is 4.99 Å². The Balaban J connectivity index is 1.53. The Morgan fingerprint density at radius 1 is 0.828 bits per heavy atom. The van der Waals surface area contributed by atoms with Crippen LogP contribution in [0.1, 0.15) is 28.4 Å². The number of para-hydroxylation sites is 1. The Morgan fingerprint density at radius 3 is 2.31 bits per heavy atom. The van der Waals surface area contributed by atoms with E-state index in [-0.39, 0.29) is 0 Å². The van der Waals surface area contributed by atoms with E-state index in [1.165, 1.54) is 21.6 Å². The lowest BCUT2D eigenvalue weighted by Gasteiger charge is -2.16. The van der Waals surface area contributed by atoms with Crippen molar-refractivity contribution in [1.82, 2.24) is 4.57 Å². The Hall–Kier alpha value is -3.04. The highest BCUT2D eigenvalue weighted by atomic mass is 32.2. The van der Waals surface area contributed by atoms with E-state index in [0.29, 0.717) is 5.25 Å². The number of thioether (sulfide) groups is 1. The first kappa shape index (κ1) is 18.0. The maximum absolute atomic E-state index is 5.08. The van der Waals surface area contributed by atoms with Crippen LogP contribution < -0.4 is 0 Å². The molecular weight excluding hydrogens is 372 g/mol. The van der Waals surface area contributed by atoms with Crippen molar-refractivity contribution in [2.45, 2.75) is 23.5 Å². The molecule has 0 amide bonds. The second-order valence-electron chi connectivity index (χ2n) is 7.38. The van der Waals surface area contributed by atoms with E-state index in [1.807, 2.05) is 23.9 Å². The zero-order valence-corrected chi connectivity index (χ0v) is 17.1. The van der Waals surface area contributed by atoms with E-state index >= 15 is 0 Å². The highest BCUT2D eigenvalue weighted by Crippen LogP contribution is 2.45. The zero-order chi connectivity index (χ0) is 19.6. The average Bonchev–Trinajstić information content (AvgIpc) is 3.22. The molecule has 2 nitrogen and oxygen atoms in total. The van der Waals surface area contributed by atoms with Gasteiger partial charge in [0.05, 0.1) is 5.69 Å². The van der Waals surface area contributed by atoms with Crippen molar-refractivity contribution in [2.75, 3.05) is 0 Å². The lowest BCUT2D eigenvalue weighted by molar-refractivity contribution is 1.01. The fourth-order valence-corrected chi connectivity index (χ4v) is 4.93. The second-order valence-corrected chi connectivity index (χ2v) is 8.63. The molecule has 0 bridgehead atoms. The minimum Gasteiger partial charge on any atom is -0.324 e. The summed E-state index contributed by atoms with van der Waals surface area (Å²) in [6.45, 7) is 2.14. The Kier molecular flexibility index (Phi) is 4.82. The van der Waals surface area contributed by atoms with Crippen molar-refractivity contribution in [3.05, 3.63) is 114 Å². The van der Waals surface area contributed by atoms with Crippen molar-refractivity contribution >= 4 is 23.2 Å². The van der Waals surface area contributed by atoms with Crippen molar-refractivity contribution in [3.8, 4) is 5.69 Å². The van der Waals surface area contributed by atoms with Gasteiger partial charge in [0.1, 0.15) is 0 Å². The van der Waals surface area contributed by atoms with Crippen molar-refractivity contribution < 1.29 is 0 Å². The first-order valence-electron chi connectivity index (χ1n) is 9.90. The Labute approximate surface area is 175 Å². The molecule has 1 aliphatic heterocycles. The zero-order valence-electron chi connectivity index (χ0n) is 16.3. The van der Waals surface area contributed by atoms with Gasteiger partial charge in [-0.3, -0.25) is 4.99 Å². The van der Waals surface area contributed by atoms with Gasteiger partial charge in [-0.05, 0) is 54.4 Å². The summed E-state index contributed by atoms with van der Waals surface area (Å²) >= 11 is 1.92. The van der Waals surface area contributed by atoms with E-state index in [1.54, 1.807) is 0 Å². The van der Waals surface area contributed by atoms with Crippen molar-refractivity contribution in [3.63, 3.8) is 0 Å². The van der Waals surface area contributed by atoms with Crippen LogP contribution in [0.4, 0.5) is 5.69 Å². The summed E-state index contributed by atoms with van der Waals surface area (Å²) in [6, 6.07) is 30.2. The van der Waals surface area contributed by atoms with Crippen LogP contribution in [0.25, 0.3) is 5.69 Å². The van der Waals surface area contributed by atoms with Gasteiger partial charge in [0.15, 0.2) is 0 Å². The molecule has 4 aromatic rings. The third-order valence-corrected chi connectivity index (χ3v) is 6.64. The van der Waals surface area contributed by atoms with Gasteiger partial charge in [-0.15, -0.1) is 11.8 Å². The summed E-state index contributed by atoms with van der Waals surface area (Å²) in [6.07, 6.45) is 5.04. The number of hydrogen-bond donors (Lipinski definition) is 0. The molecule has 0 unspecified atom stereocenters. The first-order valence-corrected chi connectivity index (χ1v) is 10.8. The van der Waals surface area contributed by atoms with Crippen molar-refractivity contribution in [2.24, 2.45) is 4.99 Å². The molecule has 1 aromatic heterocycles. The number of aliphatic imine (C=N–C) groups is 1. The van der Waals surface area contributed by atoms with Crippen LogP contribution in [0, 0.1) is 6.92 Å². The maximum Gasteiger partial charge on any atom is 0.0769 e. The fraction of sp³-hybridized carbons (Fsp3) is 0.115. The van der Waals surface area contributed by atoms with Crippen molar-refractivity contribution in [1.29, 1.82) is 0 Å². The van der Waals surface area contributed by atoms with Crippen LogP contribution >= 0.6 is 11.8 Å². The number of fused-ring (bicyclic) bond motifs is 1. The maximum atomic E-state index is 5.08. The van der Waals surface area contributed by atoms with Gasteiger partial charge in [-0.2, -0.15) is 0 Å². The first-order chi connectivity index (χ1) is 14.3. The molecule has 0 saturated heterocycles. The minimum atomic E-state index is 0.349. The van der Waals surface area contributed by atoms with Gasteiger partial charge in [0.2, 0.25) is 0 Å². The summed E-state index contributed by atoms with van der Waals surface area (Å²) in [5, 5.41) is 0.349. The van der Waals surface area contributed by atoms with Crippen LogP contribution in [-0.2, 0) is 0 Å². The molecule has 5 rings (SSSR count). The largest absolute Gasteiger partial charge is 0.324 e. The van der Waals surface area contributed by atoms with Gasteiger partial charge in [0, 0.05) is 40.4 Å². The lowest BCUT2D eigenvalue weighted by atomic mass is 10.0. The third kappa shape index (κ3) is 3.79. The van der Waals surface area contributed by atoms with Gasteiger partial charge in [-0.1, -0.05) is 54.1 Å². The van der Waals surface area contributed by atoms with Gasteiger partial charge in [0.25, 0.3) is 0 Å². The Morgan fingerprint density at radius 2 is 1.55 bits per heavy atom. The average molecular weight is 395 g/mol. The topological polar surface area (TPSA) is 17.3 Å². The predicted molar refractivity (Wildman–Crippen MR) is 123 cm³/mol. The smallest absolute Gasteiger partial charge is 0.0769 e. The monoisotopic (exact) mass is 394 g/mol. The number of aryl methyl sites for hydroxylation is 1. The number of aromatic nitrogens is 1.